The molecule has 4 rings (SSSR count). The van der Waals surface area contributed by atoms with Gasteiger partial charge in [0.1, 0.15) is 24.6 Å². The van der Waals surface area contributed by atoms with Crippen LogP contribution < -0.4 is 11.1 Å². The third kappa shape index (κ3) is 3.15. The number of ether oxygens (including phenoxy) is 1. The fourth-order valence-electron chi connectivity index (χ4n) is 3.19. The molecular formula is C17H19ClN6O4. The standard InChI is InChI=1S/C17H19ClN6O4/c18-11-8(2-1-3-9(11)19)4-20-15-12-16(22-6-21-15)24(7-23-12)17-14(27)13(26)10(5-25)28-17/h1-3,6-7,10,13-14,17,25-27H,4-5,19H2,(H,20,21,22)/t10-,13-,14-,17?/m1/s1. The van der Waals surface area contributed by atoms with Crippen LogP contribution in [0.4, 0.5) is 11.5 Å². The van der Waals surface area contributed by atoms with Gasteiger partial charge < -0.3 is 31.1 Å². The van der Waals surface area contributed by atoms with Gasteiger partial charge in [0.15, 0.2) is 23.2 Å². The summed E-state index contributed by atoms with van der Waals surface area (Å²) in [5.41, 5.74) is 7.98. The number of hydrogen-bond acceptors (Lipinski definition) is 9. The molecule has 4 atom stereocenters. The minimum absolute atomic E-state index is 0.372. The number of nitrogens with zero attached hydrogens (tertiary/aromatic N) is 4. The molecular weight excluding hydrogens is 388 g/mol. The summed E-state index contributed by atoms with van der Waals surface area (Å²) < 4.78 is 7.05. The molecule has 2 aromatic heterocycles. The lowest BCUT2D eigenvalue weighted by Crippen LogP contribution is -2.33. The van der Waals surface area contributed by atoms with E-state index in [4.69, 9.17) is 22.1 Å². The molecule has 1 saturated heterocycles. The highest BCUT2D eigenvalue weighted by atomic mass is 35.5. The van der Waals surface area contributed by atoms with Gasteiger partial charge in [-0.3, -0.25) is 4.57 Å². The van der Waals surface area contributed by atoms with Gasteiger partial charge in [0, 0.05) is 6.54 Å². The second kappa shape index (κ2) is 7.49. The molecule has 1 aliphatic heterocycles. The van der Waals surface area contributed by atoms with Gasteiger partial charge >= 0.3 is 0 Å². The lowest BCUT2D eigenvalue weighted by Gasteiger charge is -2.16. The van der Waals surface area contributed by atoms with E-state index in [1.165, 1.54) is 17.2 Å². The van der Waals surface area contributed by atoms with Crippen LogP contribution in [0.3, 0.4) is 0 Å². The largest absolute Gasteiger partial charge is 0.398 e. The summed E-state index contributed by atoms with van der Waals surface area (Å²) in [6, 6.07) is 5.38. The predicted molar refractivity (Wildman–Crippen MR) is 102 cm³/mol. The van der Waals surface area contributed by atoms with E-state index in [0.29, 0.717) is 34.2 Å². The number of fused-ring (bicyclic) bond motifs is 1. The first-order valence-corrected chi connectivity index (χ1v) is 8.95. The van der Waals surface area contributed by atoms with E-state index in [9.17, 15) is 15.3 Å². The molecule has 28 heavy (non-hydrogen) atoms. The lowest BCUT2D eigenvalue weighted by molar-refractivity contribution is -0.0511. The van der Waals surface area contributed by atoms with Gasteiger partial charge in [0.25, 0.3) is 0 Å². The zero-order valence-electron chi connectivity index (χ0n) is 14.6. The number of rotatable bonds is 5. The molecule has 10 nitrogen and oxygen atoms in total. The molecule has 0 radical (unpaired) electrons. The quantitative estimate of drug-likeness (QED) is 0.376. The molecule has 1 aromatic carbocycles. The average Bonchev–Trinajstić information content (AvgIpc) is 3.25. The smallest absolute Gasteiger partial charge is 0.167 e. The van der Waals surface area contributed by atoms with Crippen LogP contribution in [0.2, 0.25) is 5.02 Å². The van der Waals surface area contributed by atoms with Crippen molar-refractivity contribution < 1.29 is 20.1 Å². The van der Waals surface area contributed by atoms with Crippen LogP contribution in [-0.2, 0) is 11.3 Å². The van der Waals surface area contributed by atoms with Gasteiger partial charge in [-0.1, -0.05) is 23.7 Å². The highest BCUT2D eigenvalue weighted by Crippen LogP contribution is 2.32. The number of anilines is 2. The Morgan fingerprint density at radius 2 is 2.04 bits per heavy atom. The number of halogens is 1. The number of nitrogens with two attached hydrogens (primary N) is 1. The summed E-state index contributed by atoms with van der Waals surface area (Å²) in [4.78, 5) is 12.7. The van der Waals surface area contributed by atoms with Crippen molar-refractivity contribution in [1.82, 2.24) is 19.5 Å². The monoisotopic (exact) mass is 406 g/mol. The zero-order chi connectivity index (χ0) is 19.8. The topological polar surface area (TPSA) is 152 Å². The Hall–Kier alpha value is -2.50. The van der Waals surface area contributed by atoms with Crippen LogP contribution in [0.25, 0.3) is 11.2 Å². The Kier molecular flexibility index (Phi) is 5.04. The zero-order valence-corrected chi connectivity index (χ0v) is 15.4. The second-order valence-electron chi connectivity index (χ2n) is 6.45. The normalized spacial score (nSPS) is 24.7. The van der Waals surface area contributed by atoms with Crippen molar-refractivity contribution in [3.8, 4) is 0 Å². The molecule has 11 heteroatoms. The van der Waals surface area contributed by atoms with Crippen molar-refractivity contribution in [3.63, 3.8) is 0 Å². The van der Waals surface area contributed by atoms with E-state index in [1.807, 2.05) is 12.1 Å². The molecule has 0 aliphatic carbocycles. The van der Waals surface area contributed by atoms with Crippen molar-refractivity contribution in [2.24, 2.45) is 0 Å². The van der Waals surface area contributed by atoms with Crippen molar-refractivity contribution >= 4 is 34.3 Å². The van der Waals surface area contributed by atoms with Crippen molar-refractivity contribution in [3.05, 3.63) is 41.4 Å². The minimum atomic E-state index is -1.23. The third-order valence-electron chi connectivity index (χ3n) is 4.70. The number of aliphatic hydroxyl groups is 3. The van der Waals surface area contributed by atoms with Crippen LogP contribution in [0.5, 0.6) is 0 Å². The van der Waals surface area contributed by atoms with E-state index in [0.717, 1.165) is 5.56 Å². The molecule has 1 fully saturated rings. The number of imidazole rings is 1. The van der Waals surface area contributed by atoms with Crippen LogP contribution in [0.1, 0.15) is 11.8 Å². The van der Waals surface area contributed by atoms with Crippen LogP contribution in [0.15, 0.2) is 30.9 Å². The van der Waals surface area contributed by atoms with Crippen molar-refractivity contribution in [1.29, 1.82) is 0 Å². The summed E-state index contributed by atoms with van der Waals surface area (Å²) in [6.07, 6.45) is -1.46. The maximum atomic E-state index is 10.2. The Morgan fingerprint density at radius 3 is 2.79 bits per heavy atom. The van der Waals surface area contributed by atoms with E-state index in [-0.39, 0.29) is 0 Å². The number of nitrogen functional groups attached to an aromatic ring is 1. The summed E-state index contributed by atoms with van der Waals surface area (Å²) in [5, 5.41) is 33.1. The van der Waals surface area contributed by atoms with Gasteiger partial charge in [0.2, 0.25) is 0 Å². The minimum Gasteiger partial charge on any atom is -0.398 e. The second-order valence-corrected chi connectivity index (χ2v) is 6.83. The van der Waals surface area contributed by atoms with Crippen molar-refractivity contribution in [2.75, 3.05) is 17.7 Å². The maximum absolute atomic E-state index is 10.2. The highest BCUT2D eigenvalue weighted by molar-refractivity contribution is 6.33. The first kappa shape index (κ1) is 18.8. The molecule has 0 amide bonds. The van der Waals surface area contributed by atoms with E-state index in [2.05, 4.69) is 20.3 Å². The predicted octanol–water partition coefficient (Wildman–Crippen LogP) is 0.285. The van der Waals surface area contributed by atoms with Crippen LogP contribution in [0, 0.1) is 0 Å². The first-order valence-electron chi connectivity index (χ1n) is 8.58. The Morgan fingerprint density at radius 1 is 1.21 bits per heavy atom. The van der Waals surface area contributed by atoms with E-state index < -0.39 is 31.1 Å². The van der Waals surface area contributed by atoms with E-state index in [1.54, 1.807) is 6.07 Å². The summed E-state index contributed by atoms with van der Waals surface area (Å²) in [5.74, 6) is 0.467. The van der Waals surface area contributed by atoms with Gasteiger partial charge in [-0.05, 0) is 11.6 Å². The molecule has 148 valence electrons. The highest BCUT2D eigenvalue weighted by Gasteiger charge is 2.44. The van der Waals surface area contributed by atoms with Gasteiger partial charge in [0.05, 0.1) is 23.6 Å². The number of aliphatic hydroxyl groups excluding tert-OH is 3. The van der Waals surface area contributed by atoms with E-state index >= 15 is 0 Å². The summed E-state index contributed by atoms with van der Waals surface area (Å²) in [7, 11) is 0. The molecule has 3 heterocycles. The summed E-state index contributed by atoms with van der Waals surface area (Å²) in [6.45, 7) is -0.0409. The maximum Gasteiger partial charge on any atom is 0.167 e. The molecule has 1 aliphatic rings. The number of benzene rings is 1. The molecule has 6 N–H and O–H groups in total. The Balaban J connectivity index is 1.61. The SMILES string of the molecule is Nc1cccc(CNc2ncnc3c2ncn3C2O[C@H](CO)[C@@H](O)[C@H]2O)c1Cl. The number of aromatic nitrogens is 4. The molecule has 0 spiro atoms. The summed E-state index contributed by atoms with van der Waals surface area (Å²) >= 11 is 6.22. The number of hydrogen-bond donors (Lipinski definition) is 5. The Labute approximate surface area is 164 Å². The van der Waals surface area contributed by atoms with Crippen LogP contribution >= 0.6 is 11.6 Å². The number of nitrogens with one attached hydrogen (secondary N) is 1. The van der Waals surface area contributed by atoms with Gasteiger partial charge in [-0.15, -0.1) is 0 Å². The lowest BCUT2D eigenvalue weighted by atomic mass is 10.1. The van der Waals surface area contributed by atoms with Crippen molar-refractivity contribution in [2.45, 2.75) is 31.1 Å². The fourth-order valence-corrected chi connectivity index (χ4v) is 3.39. The first-order chi connectivity index (χ1) is 13.5. The fraction of sp³-hybridized carbons (Fsp3) is 0.353. The molecule has 1 unspecified atom stereocenters. The van der Waals surface area contributed by atoms with Gasteiger partial charge in [-0.2, -0.15) is 0 Å². The molecule has 0 bridgehead atoms. The van der Waals surface area contributed by atoms with Crippen LogP contribution in [-0.4, -0.2) is 59.8 Å². The third-order valence-corrected chi connectivity index (χ3v) is 5.17. The van der Waals surface area contributed by atoms with Gasteiger partial charge in [-0.25, -0.2) is 15.0 Å². The molecule has 3 aromatic rings. The Bertz CT molecular complexity index is 999. The molecule has 0 saturated carbocycles. The average molecular weight is 407 g/mol.